The third kappa shape index (κ3) is 3.70. The van der Waals surface area contributed by atoms with Crippen LogP contribution in [0.25, 0.3) is 0 Å². The van der Waals surface area contributed by atoms with E-state index >= 15 is 0 Å². The standard InChI is InChI=1S/C13H19N3O.ClH/c14-13(17)12(11-5-2-1-3-6-11)16-9-4-7-15-8-10-16;/h1-3,5-6,12,15H,4,7-10H2,(H2,14,17);1H. The van der Waals surface area contributed by atoms with E-state index in [2.05, 4.69) is 10.2 Å². The molecule has 0 spiro atoms. The van der Waals surface area contributed by atoms with Gasteiger partial charge in [0.15, 0.2) is 0 Å². The van der Waals surface area contributed by atoms with E-state index in [1.807, 2.05) is 30.3 Å². The Bertz CT molecular complexity index is 364. The Morgan fingerprint density at radius 1 is 1.22 bits per heavy atom. The van der Waals surface area contributed by atoms with Gasteiger partial charge in [0.25, 0.3) is 0 Å². The van der Waals surface area contributed by atoms with Gasteiger partial charge in [-0.15, -0.1) is 12.4 Å². The number of nitrogens with two attached hydrogens (primary N) is 1. The minimum absolute atomic E-state index is 0. The lowest BCUT2D eigenvalue weighted by molar-refractivity contribution is -0.123. The summed E-state index contributed by atoms with van der Waals surface area (Å²) in [6, 6.07) is 9.48. The second-order valence-electron chi connectivity index (χ2n) is 4.36. The van der Waals surface area contributed by atoms with Gasteiger partial charge in [-0.1, -0.05) is 30.3 Å². The molecular weight excluding hydrogens is 250 g/mol. The van der Waals surface area contributed by atoms with E-state index in [0.717, 1.165) is 38.2 Å². The van der Waals surface area contributed by atoms with Gasteiger partial charge in [0.2, 0.25) is 5.91 Å². The second-order valence-corrected chi connectivity index (χ2v) is 4.36. The SMILES string of the molecule is Cl.NC(=O)C(c1ccccc1)N1CCCNCC1. The molecule has 0 bridgehead atoms. The first-order chi connectivity index (χ1) is 8.29. The van der Waals surface area contributed by atoms with Crippen molar-refractivity contribution >= 4 is 18.3 Å². The number of hydrogen-bond acceptors (Lipinski definition) is 3. The number of halogens is 1. The van der Waals surface area contributed by atoms with Gasteiger partial charge in [0.05, 0.1) is 0 Å². The lowest BCUT2D eigenvalue weighted by atomic mass is 10.0. The summed E-state index contributed by atoms with van der Waals surface area (Å²) in [5.41, 5.74) is 6.54. The molecule has 1 saturated heterocycles. The number of carbonyl (C=O) groups excluding carboxylic acids is 1. The van der Waals surface area contributed by atoms with Crippen LogP contribution in [-0.2, 0) is 4.79 Å². The van der Waals surface area contributed by atoms with E-state index in [1.165, 1.54) is 0 Å². The number of nitrogens with one attached hydrogen (secondary N) is 1. The van der Waals surface area contributed by atoms with Crippen LogP contribution in [0.15, 0.2) is 30.3 Å². The molecule has 3 N–H and O–H groups in total. The molecule has 0 aliphatic carbocycles. The lowest BCUT2D eigenvalue weighted by Gasteiger charge is -2.28. The van der Waals surface area contributed by atoms with E-state index in [4.69, 9.17) is 5.73 Å². The predicted molar refractivity (Wildman–Crippen MR) is 74.7 cm³/mol. The summed E-state index contributed by atoms with van der Waals surface area (Å²) in [5.74, 6) is -0.266. The molecule has 1 amide bonds. The number of amides is 1. The minimum Gasteiger partial charge on any atom is -0.368 e. The molecule has 1 aliphatic rings. The highest BCUT2D eigenvalue weighted by molar-refractivity contribution is 5.85. The highest BCUT2D eigenvalue weighted by atomic mass is 35.5. The fourth-order valence-electron chi connectivity index (χ4n) is 2.32. The summed E-state index contributed by atoms with van der Waals surface area (Å²) < 4.78 is 0. The summed E-state index contributed by atoms with van der Waals surface area (Å²) in [5, 5.41) is 3.33. The topological polar surface area (TPSA) is 58.4 Å². The van der Waals surface area contributed by atoms with E-state index in [0.29, 0.717) is 0 Å². The Morgan fingerprint density at radius 2 is 1.94 bits per heavy atom. The molecule has 1 unspecified atom stereocenters. The molecule has 4 nitrogen and oxygen atoms in total. The van der Waals surface area contributed by atoms with Gasteiger partial charge >= 0.3 is 0 Å². The Morgan fingerprint density at radius 3 is 2.61 bits per heavy atom. The molecule has 2 rings (SSSR count). The molecule has 1 heterocycles. The zero-order valence-corrected chi connectivity index (χ0v) is 11.2. The highest BCUT2D eigenvalue weighted by Gasteiger charge is 2.25. The Hall–Kier alpha value is -1.10. The van der Waals surface area contributed by atoms with Crippen LogP contribution in [0.1, 0.15) is 18.0 Å². The van der Waals surface area contributed by atoms with Crippen molar-refractivity contribution in [2.24, 2.45) is 5.73 Å². The normalized spacial score (nSPS) is 18.4. The van der Waals surface area contributed by atoms with Crippen LogP contribution in [0.3, 0.4) is 0 Å². The highest BCUT2D eigenvalue weighted by Crippen LogP contribution is 2.20. The number of hydrogen-bond donors (Lipinski definition) is 2. The van der Waals surface area contributed by atoms with Gasteiger partial charge < -0.3 is 11.1 Å². The molecule has 1 aliphatic heterocycles. The van der Waals surface area contributed by atoms with Gasteiger partial charge in [-0.25, -0.2) is 0 Å². The van der Waals surface area contributed by atoms with Crippen molar-refractivity contribution in [1.82, 2.24) is 10.2 Å². The molecule has 100 valence electrons. The fourth-order valence-corrected chi connectivity index (χ4v) is 2.32. The molecule has 1 aromatic carbocycles. The van der Waals surface area contributed by atoms with Crippen molar-refractivity contribution < 1.29 is 4.79 Å². The lowest BCUT2D eigenvalue weighted by Crippen LogP contribution is -2.39. The van der Waals surface area contributed by atoms with Crippen LogP contribution in [0.5, 0.6) is 0 Å². The molecule has 0 radical (unpaired) electrons. The number of carbonyl (C=O) groups is 1. The van der Waals surface area contributed by atoms with Crippen LogP contribution in [0, 0.1) is 0 Å². The first kappa shape index (κ1) is 15.0. The van der Waals surface area contributed by atoms with Crippen molar-refractivity contribution in [2.45, 2.75) is 12.5 Å². The van der Waals surface area contributed by atoms with Crippen LogP contribution in [-0.4, -0.2) is 37.0 Å². The van der Waals surface area contributed by atoms with E-state index in [1.54, 1.807) is 0 Å². The van der Waals surface area contributed by atoms with Gasteiger partial charge in [-0.3, -0.25) is 9.69 Å². The van der Waals surface area contributed by atoms with Crippen molar-refractivity contribution in [3.63, 3.8) is 0 Å². The second kappa shape index (κ2) is 7.36. The molecular formula is C13H20ClN3O. The number of primary amides is 1. The molecule has 1 fully saturated rings. The first-order valence-electron chi connectivity index (χ1n) is 6.08. The molecule has 18 heavy (non-hydrogen) atoms. The molecule has 5 heteroatoms. The summed E-state index contributed by atoms with van der Waals surface area (Å²) in [4.78, 5) is 13.8. The van der Waals surface area contributed by atoms with Crippen molar-refractivity contribution in [2.75, 3.05) is 26.2 Å². The zero-order valence-electron chi connectivity index (χ0n) is 10.3. The van der Waals surface area contributed by atoms with Gasteiger partial charge in [0.1, 0.15) is 6.04 Å². The summed E-state index contributed by atoms with van der Waals surface area (Å²) in [6.07, 6.45) is 1.05. The van der Waals surface area contributed by atoms with Crippen molar-refractivity contribution in [1.29, 1.82) is 0 Å². The number of nitrogens with zero attached hydrogens (tertiary/aromatic N) is 1. The summed E-state index contributed by atoms with van der Waals surface area (Å²) >= 11 is 0. The fraction of sp³-hybridized carbons (Fsp3) is 0.462. The van der Waals surface area contributed by atoms with E-state index in [-0.39, 0.29) is 24.4 Å². The predicted octanol–water partition coefficient (Wildman–Crippen LogP) is 0.930. The Kier molecular flexibility index (Phi) is 6.12. The van der Waals surface area contributed by atoms with Crippen molar-refractivity contribution in [3.8, 4) is 0 Å². The van der Waals surface area contributed by atoms with E-state index < -0.39 is 0 Å². The Balaban J connectivity index is 0.00000162. The Labute approximate surface area is 114 Å². The maximum Gasteiger partial charge on any atom is 0.239 e. The molecule has 1 atom stereocenters. The minimum atomic E-state index is -0.295. The summed E-state index contributed by atoms with van der Waals surface area (Å²) in [7, 11) is 0. The van der Waals surface area contributed by atoms with Crippen LogP contribution in [0.2, 0.25) is 0 Å². The van der Waals surface area contributed by atoms with Gasteiger partial charge in [-0.2, -0.15) is 0 Å². The van der Waals surface area contributed by atoms with Crippen LogP contribution < -0.4 is 11.1 Å². The average Bonchev–Trinajstić information content (AvgIpc) is 2.59. The first-order valence-corrected chi connectivity index (χ1v) is 6.08. The zero-order chi connectivity index (χ0) is 12.1. The maximum absolute atomic E-state index is 11.7. The third-order valence-electron chi connectivity index (χ3n) is 3.12. The molecule has 1 aromatic rings. The van der Waals surface area contributed by atoms with Gasteiger partial charge in [0, 0.05) is 19.6 Å². The molecule has 0 saturated carbocycles. The largest absolute Gasteiger partial charge is 0.368 e. The molecule has 0 aromatic heterocycles. The van der Waals surface area contributed by atoms with Gasteiger partial charge in [-0.05, 0) is 18.5 Å². The smallest absolute Gasteiger partial charge is 0.239 e. The number of benzene rings is 1. The quantitative estimate of drug-likeness (QED) is 0.858. The van der Waals surface area contributed by atoms with Crippen molar-refractivity contribution in [3.05, 3.63) is 35.9 Å². The average molecular weight is 270 g/mol. The maximum atomic E-state index is 11.7. The summed E-state index contributed by atoms with van der Waals surface area (Å²) in [6.45, 7) is 3.70. The van der Waals surface area contributed by atoms with Crippen LogP contribution >= 0.6 is 12.4 Å². The van der Waals surface area contributed by atoms with E-state index in [9.17, 15) is 4.79 Å². The monoisotopic (exact) mass is 269 g/mol. The number of rotatable bonds is 3. The third-order valence-corrected chi connectivity index (χ3v) is 3.12. The van der Waals surface area contributed by atoms with Crippen LogP contribution in [0.4, 0.5) is 0 Å².